The maximum absolute atomic E-state index is 10.8. The fraction of sp³-hybridized carbons (Fsp3) is 0.235. The van der Waals surface area contributed by atoms with Crippen LogP contribution in [0.1, 0.15) is 5.56 Å². The second kappa shape index (κ2) is 9.41. The van der Waals surface area contributed by atoms with Gasteiger partial charge in [-0.25, -0.2) is 0 Å². The van der Waals surface area contributed by atoms with Crippen LogP contribution in [0.15, 0.2) is 30.3 Å². The Hall–Kier alpha value is -2.09. The average molecular weight is 355 g/mol. The predicted molar refractivity (Wildman–Crippen MR) is 85.7 cm³/mol. The van der Waals surface area contributed by atoms with E-state index in [9.17, 15) is 9.90 Å². The second-order valence-electron chi connectivity index (χ2n) is 4.84. The van der Waals surface area contributed by atoms with Crippen molar-refractivity contribution in [1.29, 1.82) is 0 Å². The summed E-state index contributed by atoms with van der Waals surface area (Å²) >= 11 is 0. The first kappa shape index (κ1) is 21.0. The van der Waals surface area contributed by atoms with Crippen LogP contribution < -0.4 is 59.3 Å². The molecule has 0 unspecified atom stereocenters. The van der Waals surface area contributed by atoms with Gasteiger partial charge in [0, 0.05) is 24.5 Å². The minimum Gasteiger partial charge on any atom is -0.550 e. The standard InChI is InChI=1S/C17H19NO6.Na/c1-21-13-8-11(9-14(22-2)17(13)23-3)24-12-6-4-5-10(16(12)18)7-15(19)20;/h4-6,8-9H,7,18H2,1-3H3,(H,19,20);/q;+1/p-1. The van der Waals surface area contributed by atoms with E-state index in [2.05, 4.69) is 0 Å². The molecular formula is C17H18NNaO6. The van der Waals surface area contributed by atoms with Crippen molar-refractivity contribution in [3.8, 4) is 28.7 Å². The number of nitrogen functional groups attached to an aromatic ring is 1. The molecule has 2 N–H and O–H groups in total. The van der Waals surface area contributed by atoms with E-state index in [0.29, 0.717) is 34.3 Å². The number of aliphatic carboxylic acids is 1. The van der Waals surface area contributed by atoms with Crippen molar-refractivity contribution in [2.24, 2.45) is 0 Å². The maximum Gasteiger partial charge on any atom is 1.00 e. The van der Waals surface area contributed by atoms with Crippen LogP contribution in [-0.2, 0) is 11.2 Å². The van der Waals surface area contributed by atoms with E-state index < -0.39 is 5.97 Å². The van der Waals surface area contributed by atoms with E-state index in [-0.39, 0.29) is 41.7 Å². The molecule has 2 rings (SSSR count). The van der Waals surface area contributed by atoms with Crippen LogP contribution in [0.3, 0.4) is 0 Å². The third-order valence-electron chi connectivity index (χ3n) is 3.36. The number of carboxylic acids is 1. The number of para-hydroxylation sites is 1. The molecular weight excluding hydrogens is 337 g/mol. The Balaban J connectivity index is 0.00000312. The number of nitrogens with two attached hydrogens (primary N) is 1. The Morgan fingerprint density at radius 2 is 1.64 bits per heavy atom. The predicted octanol–water partition coefficient (Wildman–Crippen LogP) is -1.62. The summed E-state index contributed by atoms with van der Waals surface area (Å²) in [6.07, 6.45) is -0.293. The molecule has 0 heterocycles. The third-order valence-corrected chi connectivity index (χ3v) is 3.36. The van der Waals surface area contributed by atoms with Crippen molar-refractivity contribution in [1.82, 2.24) is 0 Å². The first-order chi connectivity index (χ1) is 11.5. The summed E-state index contributed by atoms with van der Waals surface area (Å²) in [6.45, 7) is 0. The number of anilines is 1. The molecule has 0 bridgehead atoms. The summed E-state index contributed by atoms with van der Waals surface area (Å²) in [6, 6.07) is 8.13. The molecule has 0 aliphatic carbocycles. The number of hydrogen-bond donors (Lipinski definition) is 1. The number of carboxylic acid groups (broad SMARTS) is 1. The zero-order chi connectivity index (χ0) is 17.7. The van der Waals surface area contributed by atoms with E-state index in [4.69, 9.17) is 24.7 Å². The molecule has 25 heavy (non-hydrogen) atoms. The minimum atomic E-state index is -1.22. The van der Waals surface area contributed by atoms with Gasteiger partial charge in [-0.3, -0.25) is 0 Å². The summed E-state index contributed by atoms with van der Waals surface area (Å²) < 4.78 is 21.5. The summed E-state index contributed by atoms with van der Waals surface area (Å²) in [7, 11) is 4.49. The number of methoxy groups -OCH3 is 3. The third kappa shape index (κ3) is 4.94. The van der Waals surface area contributed by atoms with Crippen molar-refractivity contribution in [2.75, 3.05) is 27.1 Å². The van der Waals surface area contributed by atoms with Gasteiger partial charge in [-0.15, -0.1) is 0 Å². The van der Waals surface area contributed by atoms with Crippen molar-refractivity contribution < 1.29 is 58.4 Å². The average Bonchev–Trinajstić information content (AvgIpc) is 2.57. The second-order valence-corrected chi connectivity index (χ2v) is 4.84. The van der Waals surface area contributed by atoms with Crippen molar-refractivity contribution in [3.63, 3.8) is 0 Å². The molecule has 0 atom stereocenters. The van der Waals surface area contributed by atoms with Crippen LogP contribution in [0, 0.1) is 0 Å². The minimum absolute atomic E-state index is 0. The molecule has 0 aromatic heterocycles. The van der Waals surface area contributed by atoms with E-state index in [1.165, 1.54) is 21.3 Å². The van der Waals surface area contributed by atoms with Gasteiger partial charge in [0.1, 0.15) is 5.75 Å². The zero-order valence-electron chi connectivity index (χ0n) is 14.6. The first-order valence-electron chi connectivity index (χ1n) is 7.05. The molecule has 0 saturated carbocycles. The van der Waals surface area contributed by atoms with E-state index in [1.807, 2.05) is 0 Å². The molecule has 2 aromatic carbocycles. The number of carbonyl (C=O) groups excluding carboxylic acids is 1. The molecule has 0 amide bonds. The summed E-state index contributed by atoms with van der Waals surface area (Å²) in [5.41, 5.74) is 6.62. The van der Waals surface area contributed by atoms with E-state index in [0.717, 1.165) is 0 Å². The Labute approximate surface area is 167 Å². The Morgan fingerprint density at radius 1 is 1.04 bits per heavy atom. The van der Waals surface area contributed by atoms with Crippen LogP contribution in [0.4, 0.5) is 5.69 Å². The van der Waals surface area contributed by atoms with Gasteiger partial charge in [0.25, 0.3) is 0 Å². The fourth-order valence-corrected chi connectivity index (χ4v) is 2.23. The van der Waals surface area contributed by atoms with E-state index >= 15 is 0 Å². The Kier molecular flexibility index (Phi) is 7.89. The number of benzene rings is 2. The molecule has 0 aliphatic heterocycles. The first-order valence-corrected chi connectivity index (χ1v) is 7.05. The SMILES string of the molecule is COc1cc(Oc2cccc(CC(=O)[O-])c2N)cc(OC)c1OC.[Na+]. The normalized spacial score (nSPS) is 9.72. The van der Waals surface area contributed by atoms with Crippen molar-refractivity contribution in [3.05, 3.63) is 35.9 Å². The number of rotatable bonds is 7. The maximum atomic E-state index is 10.8. The zero-order valence-corrected chi connectivity index (χ0v) is 16.6. The summed E-state index contributed by atoms with van der Waals surface area (Å²) in [5, 5.41) is 10.8. The largest absolute Gasteiger partial charge is 1.00 e. The molecule has 0 saturated heterocycles. The molecule has 128 valence electrons. The van der Waals surface area contributed by atoms with Gasteiger partial charge in [0.2, 0.25) is 5.75 Å². The number of carbonyl (C=O) groups is 1. The van der Waals surface area contributed by atoms with Gasteiger partial charge in [0.05, 0.1) is 27.0 Å². The molecule has 0 fully saturated rings. The molecule has 7 nitrogen and oxygen atoms in total. The van der Waals surface area contributed by atoms with Crippen LogP contribution >= 0.6 is 0 Å². The summed E-state index contributed by atoms with van der Waals surface area (Å²) in [5.74, 6) is 0.801. The molecule has 0 radical (unpaired) electrons. The van der Waals surface area contributed by atoms with Crippen molar-refractivity contribution >= 4 is 11.7 Å². The van der Waals surface area contributed by atoms with Crippen LogP contribution in [-0.4, -0.2) is 27.3 Å². The Bertz CT molecular complexity index is 725. The smallest absolute Gasteiger partial charge is 0.550 e. The monoisotopic (exact) mass is 355 g/mol. The number of hydrogen-bond acceptors (Lipinski definition) is 7. The van der Waals surface area contributed by atoms with Crippen LogP contribution in [0.25, 0.3) is 0 Å². The van der Waals surface area contributed by atoms with Gasteiger partial charge in [-0.05, 0) is 11.6 Å². The molecule has 8 heteroatoms. The molecule has 2 aromatic rings. The fourth-order valence-electron chi connectivity index (χ4n) is 2.23. The van der Waals surface area contributed by atoms with Crippen LogP contribution in [0.5, 0.6) is 28.7 Å². The summed E-state index contributed by atoms with van der Waals surface area (Å²) in [4.78, 5) is 10.8. The molecule has 0 spiro atoms. The number of ether oxygens (including phenoxy) is 4. The van der Waals surface area contributed by atoms with Gasteiger partial charge >= 0.3 is 29.6 Å². The van der Waals surface area contributed by atoms with Crippen LogP contribution in [0.2, 0.25) is 0 Å². The van der Waals surface area contributed by atoms with Crippen molar-refractivity contribution in [2.45, 2.75) is 6.42 Å². The van der Waals surface area contributed by atoms with Gasteiger partial charge < -0.3 is 34.6 Å². The van der Waals surface area contributed by atoms with Gasteiger partial charge in [-0.2, -0.15) is 0 Å². The quantitative estimate of drug-likeness (QED) is 0.470. The van der Waals surface area contributed by atoms with Gasteiger partial charge in [0.15, 0.2) is 17.2 Å². The molecule has 0 aliphatic rings. The topological polar surface area (TPSA) is 103 Å². The Morgan fingerprint density at radius 3 is 2.12 bits per heavy atom. The van der Waals surface area contributed by atoms with Gasteiger partial charge in [-0.1, -0.05) is 12.1 Å². The van der Waals surface area contributed by atoms with E-state index in [1.54, 1.807) is 30.3 Å².